The highest BCUT2D eigenvalue weighted by Gasteiger charge is 2.15. The van der Waals surface area contributed by atoms with E-state index in [9.17, 15) is 14.0 Å². The molecule has 2 aromatic rings. The fourth-order valence-electron chi connectivity index (χ4n) is 2.04. The fraction of sp³-hybridized carbons (Fsp3) is 0.353. The second-order valence-corrected chi connectivity index (χ2v) is 5.85. The molecular weight excluding hydrogens is 297 g/mol. The minimum absolute atomic E-state index is 0.181. The summed E-state index contributed by atoms with van der Waals surface area (Å²) < 4.78 is 14.1. The number of nitrogens with zero attached hydrogens (tertiary/aromatic N) is 3. The van der Waals surface area contributed by atoms with Gasteiger partial charge < -0.3 is 4.90 Å². The van der Waals surface area contributed by atoms with Crippen molar-refractivity contribution in [2.75, 3.05) is 13.6 Å². The van der Waals surface area contributed by atoms with E-state index in [0.29, 0.717) is 18.2 Å². The van der Waals surface area contributed by atoms with Crippen molar-refractivity contribution in [1.82, 2.24) is 14.7 Å². The van der Waals surface area contributed by atoms with Gasteiger partial charge >= 0.3 is 0 Å². The zero-order valence-corrected chi connectivity index (χ0v) is 13.5. The van der Waals surface area contributed by atoms with E-state index in [1.807, 2.05) is 0 Å². The van der Waals surface area contributed by atoms with Crippen molar-refractivity contribution in [1.29, 1.82) is 0 Å². The first-order chi connectivity index (χ1) is 10.9. The van der Waals surface area contributed by atoms with Gasteiger partial charge in [-0.25, -0.2) is 4.39 Å². The molecule has 0 saturated carbocycles. The van der Waals surface area contributed by atoms with Gasteiger partial charge in [0.1, 0.15) is 11.5 Å². The molecule has 0 aliphatic heterocycles. The van der Waals surface area contributed by atoms with Crippen LogP contribution in [0.5, 0.6) is 0 Å². The van der Waals surface area contributed by atoms with Crippen LogP contribution in [0, 0.1) is 11.7 Å². The topological polar surface area (TPSA) is 55.2 Å². The zero-order chi connectivity index (χ0) is 17.0. The van der Waals surface area contributed by atoms with Crippen LogP contribution in [0.25, 0.3) is 5.69 Å². The summed E-state index contributed by atoms with van der Waals surface area (Å²) in [5.74, 6) is -0.157. The number of hydrogen-bond acceptors (Lipinski definition) is 3. The molecular formula is C17H20FN3O2. The van der Waals surface area contributed by atoms with Crippen LogP contribution >= 0.6 is 0 Å². The number of amides is 1. The van der Waals surface area contributed by atoms with E-state index in [1.165, 1.54) is 36.4 Å². The van der Waals surface area contributed by atoms with Gasteiger partial charge in [0.15, 0.2) is 0 Å². The third-order valence-corrected chi connectivity index (χ3v) is 3.48. The summed E-state index contributed by atoms with van der Waals surface area (Å²) in [5.41, 5.74) is 0.217. The van der Waals surface area contributed by atoms with Crippen molar-refractivity contribution < 1.29 is 9.18 Å². The summed E-state index contributed by atoms with van der Waals surface area (Å²) >= 11 is 0. The summed E-state index contributed by atoms with van der Waals surface area (Å²) in [5, 5.41) is 4.11. The van der Waals surface area contributed by atoms with Gasteiger partial charge in [-0.3, -0.25) is 9.59 Å². The lowest BCUT2D eigenvalue weighted by atomic mass is 10.1. The highest BCUT2D eigenvalue weighted by molar-refractivity contribution is 5.91. The Labute approximate surface area is 134 Å². The summed E-state index contributed by atoms with van der Waals surface area (Å²) in [4.78, 5) is 25.9. The van der Waals surface area contributed by atoms with Crippen molar-refractivity contribution in [2.24, 2.45) is 5.92 Å². The van der Waals surface area contributed by atoms with Crippen LogP contribution in [0.1, 0.15) is 30.8 Å². The quantitative estimate of drug-likeness (QED) is 0.851. The average molecular weight is 317 g/mol. The lowest BCUT2D eigenvalue weighted by Gasteiger charge is -2.18. The Morgan fingerprint density at radius 2 is 1.87 bits per heavy atom. The third kappa shape index (κ3) is 4.25. The predicted molar refractivity (Wildman–Crippen MR) is 86.2 cm³/mol. The molecule has 0 N–H and O–H groups in total. The molecule has 0 unspecified atom stereocenters. The Kier molecular flexibility index (Phi) is 5.26. The Morgan fingerprint density at radius 1 is 1.22 bits per heavy atom. The largest absolute Gasteiger partial charge is 0.340 e. The van der Waals surface area contributed by atoms with Crippen LogP contribution in [0.4, 0.5) is 4.39 Å². The zero-order valence-electron chi connectivity index (χ0n) is 13.5. The lowest BCUT2D eigenvalue weighted by Crippen LogP contribution is -2.31. The SMILES string of the molecule is CC(C)CCN(C)C(=O)c1ccc(=O)n(-c2ccc(F)cc2)n1. The predicted octanol–water partition coefficient (Wildman–Crippen LogP) is 2.49. The first-order valence-corrected chi connectivity index (χ1v) is 7.50. The van der Waals surface area contributed by atoms with Crippen LogP contribution in [0.2, 0.25) is 0 Å². The van der Waals surface area contributed by atoms with Gasteiger partial charge in [-0.1, -0.05) is 13.8 Å². The van der Waals surface area contributed by atoms with Gasteiger partial charge in [-0.05, 0) is 42.7 Å². The van der Waals surface area contributed by atoms with Crippen molar-refractivity contribution in [3.8, 4) is 5.69 Å². The number of hydrogen-bond donors (Lipinski definition) is 0. The summed E-state index contributed by atoms with van der Waals surface area (Å²) in [6.45, 7) is 4.80. The van der Waals surface area contributed by atoms with E-state index in [0.717, 1.165) is 11.1 Å². The van der Waals surface area contributed by atoms with E-state index in [2.05, 4.69) is 18.9 Å². The first-order valence-electron chi connectivity index (χ1n) is 7.50. The Morgan fingerprint density at radius 3 is 2.48 bits per heavy atom. The second kappa shape index (κ2) is 7.17. The molecule has 0 aliphatic carbocycles. The maximum atomic E-state index is 13.0. The van der Waals surface area contributed by atoms with Crippen LogP contribution in [0.15, 0.2) is 41.2 Å². The molecule has 6 heteroatoms. The van der Waals surface area contributed by atoms with Crippen molar-refractivity contribution in [3.05, 3.63) is 58.3 Å². The molecule has 1 heterocycles. The summed E-state index contributed by atoms with van der Waals surface area (Å²) in [6, 6.07) is 8.08. The average Bonchev–Trinajstić information content (AvgIpc) is 2.53. The third-order valence-electron chi connectivity index (χ3n) is 3.48. The molecule has 23 heavy (non-hydrogen) atoms. The number of benzene rings is 1. The minimum Gasteiger partial charge on any atom is -0.340 e. The van der Waals surface area contributed by atoms with E-state index < -0.39 is 5.82 Å². The lowest BCUT2D eigenvalue weighted by molar-refractivity contribution is 0.0781. The Balaban J connectivity index is 2.28. The summed E-state index contributed by atoms with van der Waals surface area (Å²) in [6.07, 6.45) is 0.889. The molecule has 0 bridgehead atoms. The monoisotopic (exact) mass is 317 g/mol. The molecule has 2 rings (SSSR count). The number of aromatic nitrogens is 2. The number of carbonyl (C=O) groups excluding carboxylic acids is 1. The van der Waals surface area contributed by atoms with Crippen LogP contribution < -0.4 is 5.56 Å². The van der Waals surface area contributed by atoms with Crippen LogP contribution in [-0.4, -0.2) is 34.2 Å². The number of halogens is 1. The summed E-state index contributed by atoms with van der Waals surface area (Å²) in [7, 11) is 1.71. The molecule has 0 radical (unpaired) electrons. The molecule has 1 amide bonds. The highest BCUT2D eigenvalue weighted by atomic mass is 19.1. The van der Waals surface area contributed by atoms with E-state index >= 15 is 0 Å². The van der Waals surface area contributed by atoms with E-state index in [1.54, 1.807) is 11.9 Å². The number of rotatable bonds is 5. The van der Waals surface area contributed by atoms with Gasteiger partial charge in [0.25, 0.3) is 11.5 Å². The van der Waals surface area contributed by atoms with Gasteiger partial charge in [0.2, 0.25) is 0 Å². The fourth-order valence-corrected chi connectivity index (χ4v) is 2.04. The molecule has 0 fully saturated rings. The first kappa shape index (κ1) is 16.9. The van der Waals surface area contributed by atoms with E-state index in [4.69, 9.17) is 0 Å². The molecule has 1 aromatic carbocycles. The second-order valence-electron chi connectivity index (χ2n) is 5.85. The highest BCUT2D eigenvalue weighted by Crippen LogP contribution is 2.08. The minimum atomic E-state index is -0.401. The number of carbonyl (C=O) groups is 1. The Bertz CT molecular complexity index is 738. The molecule has 0 aliphatic rings. The van der Waals surface area contributed by atoms with Crippen LogP contribution in [0.3, 0.4) is 0 Å². The van der Waals surface area contributed by atoms with Crippen molar-refractivity contribution >= 4 is 5.91 Å². The maximum absolute atomic E-state index is 13.0. The van der Waals surface area contributed by atoms with Gasteiger partial charge in [0, 0.05) is 19.7 Å². The molecule has 0 atom stereocenters. The molecule has 1 aromatic heterocycles. The molecule has 0 spiro atoms. The van der Waals surface area contributed by atoms with Gasteiger partial charge in [0.05, 0.1) is 5.69 Å². The standard InChI is InChI=1S/C17H20FN3O2/c1-12(2)10-11-20(3)17(23)15-8-9-16(22)21(19-15)14-6-4-13(18)5-7-14/h4-9,12H,10-11H2,1-3H3. The van der Waals surface area contributed by atoms with Crippen molar-refractivity contribution in [3.63, 3.8) is 0 Å². The van der Waals surface area contributed by atoms with Gasteiger partial charge in [-0.2, -0.15) is 9.78 Å². The molecule has 122 valence electrons. The Hall–Kier alpha value is -2.50. The van der Waals surface area contributed by atoms with Crippen LogP contribution in [-0.2, 0) is 0 Å². The van der Waals surface area contributed by atoms with Crippen molar-refractivity contribution in [2.45, 2.75) is 20.3 Å². The molecule has 5 nitrogen and oxygen atoms in total. The van der Waals surface area contributed by atoms with Gasteiger partial charge in [-0.15, -0.1) is 0 Å². The smallest absolute Gasteiger partial charge is 0.274 e. The maximum Gasteiger partial charge on any atom is 0.274 e. The normalized spacial score (nSPS) is 10.8. The molecule has 0 saturated heterocycles. The van der Waals surface area contributed by atoms with E-state index in [-0.39, 0.29) is 17.2 Å².